The zero-order valence-corrected chi connectivity index (χ0v) is 14.3. The van der Waals surface area contributed by atoms with E-state index in [1.165, 1.54) is 5.69 Å². The Labute approximate surface area is 143 Å². The van der Waals surface area contributed by atoms with Crippen molar-refractivity contribution in [1.82, 2.24) is 5.32 Å². The summed E-state index contributed by atoms with van der Waals surface area (Å²) in [6.45, 7) is 2.12. The van der Waals surface area contributed by atoms with E-state index in [1.54, 1.807) is 0 Å². The van der Waals surface area contributed by atoms with Gasteiger partial charge < -0.3 is 25.2 Å². The number of benzene rings is 1. The van der Waals surface area contributed by atoms with Gasteiger partial charge in [0.05, 0.1) is 0 Å². The quantitative estimate of drug-likeness (QED) is 0.615. The van der Waals surface area contributed by atoms with Gasteiger partial charge in [0.1, 0.15) is 5.60 Å². The van der Waals surface area contributed by atoms with E-state index in [-0.39, 0.29) is 12.8 Å². The predicted octanol–water partition coefficient (Wildman–Crippen LogP) is 0.922. The lowest BCUT2D eigenvalue weighted by Crippen LogP contribution is -2.54. The number of carbonyl (C=O) groups is 1. The molecule has 0 radical (unpaired) electrons. The minimum absolute atomic E-state index is 0.281. The van der Waals surface area contributed by atoms with Gasteiger partial charge in [-0.1, -0.05) is 18.2 Å². The Balaban J connectivity index is 1.64. The molecule has 1 unspecified atom stereocenters. The Hall–Kier alpha value is -1.63. The summed E-state index contributed by atoms with van der Waals surface area (Å²) in [6, 6.07) is 10.1. The van der Waals surface area contributed by atoms with E-state index in [4.69, 9.17) is 4.74 Å². The van der Waals surface area contributed by atoms with E-state index >= 15 is 0 Å². The van der Waals surface area contributed by atoms with E-state index in [9.17, 15) is 15.0 Å². The number of ether oxygens (including phenoxy) is 1. The molecule has 1 atom stereocenters. The van der Waals surface area contributed by atoms with E-state index in [0.717, 1.165) is 19.4 Å². The molecular formula is C18H28N2O4. The van der Waals surface area contributed by atoms with Crippen LogP contribution in [0.25, 0.3) is 0 Å². The molecule has 24 heavy (non-hydrogen) atoms. The van der Waals surface area contributed by atoms with Gasteiger partial charge in [0.25, 0.3) is 5.91 Å². The van der Waals surface area contributed by atoms with Gasteiger partial charge in [-0.05, 0) is 25.0 Å². The van der Waals surface area contributed by atoms with Crippen LogP contribution in [-0.4, -0.2) is 61.2 Å². The highest BCUT2D eigenvalue weighted by molar-refractivity contribution is 5.81. The van der Waals surface area contributed by atoms with Gasteiger partial charge >= 0.3 is 0 Å². The maximum absolute atomic E-state index is 12.0. The van der Waals surface area contributed by atoms with Crippen LogP contribution in [0.1, 0.15) is 25.7 Å². The Bertz CT molecular complexity index is 503. The fraction of sp³-hybridized carbons (Fsp3) is 0.611. The molecule has 1 aromatic rings. The number of aliphatic hydroxyl groups is 2. The third kappa shape index (κ3) is 5.19. The fourth-order valence-corrected chi connectivity index (χ4v) is 2.84. The molecule has 0 spiro atoms. The maximum Gasteiger partial charge on any atom is 0.251 e. The Kier molecular flexibility index (Phi) is 7.02. The molecule has 134 valence electrons. The topological polar surface area (TPSA) is 82.0 Å². The van der Waals surface area contributed by atoms with Crippen LogP contribution >= 0.6 is 0 Å². The van der Waals surface area contributed by atoms with E-state index < -0.39 is 17.6 Å². The molecule has 0 bridgehead atoms. The van der Waals surface area contributed by atoms with Crippen LogP contribution in [-0.2, 0) is 9.53 Å². The van der Waals surface area contributed by atoms with Gasteiger partial charge in [0, 0.05) is 51.9 Å². The van der Waals surface area contributed by atoms with Crippen molar-refractivity contribution < 1.29 is 19.7 Å². The highest BCUT2D eigenvalue weighted by atomic mass is 16.5. The van der Waals surface area contributed by atoms with Crippen molar-refractivity contribution in [2.24, 2.45) is 0 Å². The lowest BCUT2D eigenvalue weighted by Gasteiger charge is -2.35. The number of rotatable bonds is 8. The van der Waals surface area contributed by atoms with Crippen molar-refractivity contribution in [1.29, 1.82) is 0 Å². The number of anilines is 1. The van der Waals surface area contributed by atoms with Crippen molar-refractivity contribution in [2.45, 2.75) is 37.4 Å². The number of carbonyl (C=O) groups excluding carboxylic acids is 1. The molecule has 1 aliphatic heterocycles. The molecule has 0 aliphatic carbocycles. The first-order valence-corrected chi connectivity index (χ1v) is 8.55. The average Bonchev–Trinajstić information content (AvgIpc) is 2.61. The summed E-state index contributed by atoms with van der Waals surface area (Å²) in [7, 11) is 2.04. The van der Waals surface area contributed by atoms with Crippen molar-refractivity contribution >= 4 is 11.6 Å². The molecule has 1 amide bonds. The molecule has 0 aromatic heterocycles. The molecular weight excluding hydrogens is 308 g/mol. The summed E-state index contributed by atoms with van der Waals surface area (Å²) in [4.78, 5) is 14.2. The second-order valence-corrected chi connectivity index (χ2v) is 6.37. The third-order valence-corrected chi connectivity index (χ3v) is 4.53. The highest BCUT2D eigenvalue weighted by Gasteiger charge is 2.41. The predicted molar refractivity (Wildman–Crippen MR) is 93.0 cm³/mol. The molecule has 6 nitrogen and oxygen atoms in total. The van der Waals surface area contributed by atoms with Crippen molar-refractivity contribution in [2.75, 3.05) is 38.3 Å². The lowest BCUT2D eigenvalue weighted by atomic mass is 9.88. The normalized spacial score (nSPS) is 18.0. The maximum atomic E-state index is 12.0. The smallest absolute Gasteiger partial charge is 0.251 e. The number of nitrogens with zero attached hydrogens (tertiary/aromatic N) is 1. The summed E-state index contributed by atoms with van der Waals surface area (Å²) >= 11 is 0. The molecule has 2 rings (SSSR count). The molecule has 1 fully saturated rings. The number of para-hydroxylation sites is 1. The minimum Gasteiger partial charge on any atom is -0.386 e. The van der Waals surface area contributed by atoms with E-state index in [2.05, 4.69) is 22.3 Å². The Morgan fingerprint density at radius 1 is 1.29 bits per heavy atom. The molecule has 6 heteroatoms. The van der Waals surface area contributed by atoms with Gasteiger partial charge in [-0.25, -0.2) is 0 Å². The van der Waals surface area contributed by atoms with Crippen LogP contribution in [0.3, 0.4) is 0 Å². The van der Waals surface area contributed by atoms with Gasteiger partial charge in [-0.15, -0.1) is 0 Å². The molecule has 1 aromatic carbocycles. The number of aliphatic hydroxyl groups excluding tert-OH is 1. The summed E-state index contributed by atoms with van der Waals surface area (Å²) < 4.78 is 5.16. The lowest BCUT2D eigenvalue weighted by molar-refractivity contribution is -0.159. The highest BCUT2D eigenvalue weighted by Crippen LogP contribution is 2.24. The first kappa shape index (κ1) is 18.7. The molecule has 1 aliphatic rings. The van der Waals surface area contributed by atoms with Gasteiger partial charge in [-0.2, -0.15) is 0 Å². The van der Waals surface area contributed by atoms with Crippen molar-refractivity contribution in [3.63, 3.8) is 0 Å². The van der Waals surface area contributed by atoms with Crippen LogP contribution < -0.4 is 10.2 Å². The zero-order valence-electron chi connectivity index (χ0n) is 14.3. The SMILES string of the molecule is CN(CCCCNC(=O)C(O)C1(O)CCOCC1)c1ccccc1. The van der Waals surface area contributed by atoms with Gasteiger partial charge in [-0.3, -0.25) is 4.79 Å². The first-order valence-electron chi connectivity index (χ1n) is 8.55. The molecule has 3 N–H and O–H groups in total. The summed E-state index contributed by atoms with van der Waals surface area (Å²) in [5.74, 6) is -0.504. The molecule has 0 saturated carbocycles. The second kappa shape index (κ2) is 9.01. The van der Waals surface area contributed by atoms with E-state index in [0.29, 0.717) is 19.8 Å². The van der Waals surface area contributed by atoms with Crippen LogP contribution in [0, 0.1) is 0 Å². The Morgan fingerprint density at radius 3 is 2.62 bits per heavy atom. The van der Waals surface area contributed by atoms with Crippen LogP contribution in [0.2, 0.25) is 0 Å². The average molecular weight is 336 g/mol. The summed E-state index contributed by atoms with van der Waals surface area (Å²) in [6.07, 6.45) is 0.914. The van der Waals surface area contributed by atoms with Gasteiger partial charge in [0.15, 0.2) is 6.10 Å². The monoisotopic (exact) mass is 336 g/mol. The summed E-state index contributed by atoms with van der Waals surface area (Å²) in [5, 5.41) is 23.1. The number of hydrogen-bond acceptors (Lipinski definition) is 5. The number of nitrogens with one attached hydrogen (secondary N) is 1. The zero-order chi connectivity index (χ0) is 17.4. The first-order chi connectivity index (χ1) is 11.5. The molecule has 1 saturated heterocycles. The van der Waals surface area contributed by atoms with Crippen LogP contribution in [0.4, 0.5) is 5.69 Å². The number of hydrogen-bond donors (Lipinski definition) is 3. The van der Waals surface area contributed by atoms with Crippen LogP contribution in [0.15, 0.2) is 30.3 Å². The van der Waals surface area contributed by atoms with Crippen molar-refractivity contribution in [3.05, 3.63) is 30.3 Å². The largest absolute Gasteiger partial charge is 0.386 e. The summed E-state index contributed by atoms with van der Waals surface area (Å²) in [5.41, 5.74) is -0.200. The second-order valence-electron chi connectivity index (χ2n) is 6.37. The standard InChI is InChI=1S/C18H28N2O4/c1-20(15-7-3-2-4-8-15)12-6-5-11-19-17(22)16(21)18(23)9-13-24-14-10-18/h2-4,7-8,16,21,23H,5-6,9-14H2,1H3,(H,19,22). The van der Waals surface area contributed by atoms with E-state index in [1.807, 2.05) is 25.2 Å². The van der Waals surface area contributed by atoms with Crippen molar-refractivity contribution in [3.8, 4) is 0 Å². The number of amides is 1. The minimum atomic E-state index is -1.40. The third-order valence-electron chi connectivity index (χ3n) is 4.53. The van der Waals surface area contributed by atoms with Gasteiger partial charge in [0.2, 0.25) is 0 Å². The Morgan fingerprint density at radius 2 is 1.96 bits per heavy atom. The molecule has 1 heterocycles. The number of unbranched alkanes of at least 4 members (excludes halogenated alkanes) is 1. The fourth-order valence-electron chi connectivity index (χ4n) is 2.84. The van der Waals surface area contributed by atoms with Crippen LogP contribution in [0.5, 0.6) is 0 Å².